The minimum Gasteiger partial charge on any atom is -0.379 e. The van der Waals surface area contributed by atoms with Crippen LogP contribution in [0.1, 0.15) is 40.5 Å². The van der Waals surface area contributed by atoms with Crippen LogP contribution in [0.25, 0.3) is 0 Å². The topological polar surface area (TPSA) is 44.5 Å². The number of hydrogen-bond acceptors (Lipinski definition) is 3. The Balaban J connectivity index is 3.77. The van der Waals surface area contributed by atoms with Gasteiger partial charge in [0.25, 0.3) is 0 Å². The minimum absolute atomic E-state index is 0.0798. The summed E-state index contributed by atoms with van der Waals surface area (Å²) in [6.45, 7) is 8.88. The number of rotatable bonds is 7. The maximum atomic E-state index is 5.98. The fourth-order valence-corrected chi connectivity index (χ4v) is 1.24. The molecule has 0 aromatic carbocycles. The van der Waals surface area contributed by atoms with Gasteiger partial charge >= 0.3 is 0 Å². The van der Waals surface area contributed by atoms with Gasteiger partial charge in [0.15, 0.2) is 0 Å². The predicted molar refractivity (Wildman–Crippen MR) is 59.4 cm³/mol. The Morgan fingerprint density at radius 2 is 1.93 bits per heavy atom. The Bertz CT molecular complexity index is 148. The van der Waals surface area contributed by atoms with Crippen LogP contribution in [0.15, 0.2) is 0 Å². The van der Waals surface area contributed by atoms with E-state index >= 15 is 0 Å². The Hall–Kier alpha value is -0.120. The lowest BCUT2D eigenvalue weighted by Gasteiger charge is -2.26. The molecule has 2 N–H and O–H groups in total. The number of nitrogens with two attached hydrogens (primary N) is 1. The van der Waals surface area contributed by atoms with E-state index in [9.17, 15) is 0 Å². The highest BCUT2D eigenvalue weighted by atomic mass is 16.5. The molecule has 0 aliphatic carbocycles. The molecule has 0 heterocycles. The molecule has 3 nitrogen and oxygen atoms in total. The van der Waals surface area contributed by atoms with Gasteiger partial charge in [-0.3, -0.25) is 0 Å². The number of methoxy groups -OCH3 is 1. The van der Waals surface area contributed by atoms with E-state index in [0.29, 0.717) is 0 Å². The second kappa shape index (κ2) is 6.38. The Morgan fingerprint density at radius 3 is 2.36 bits per heavy atom. The maximum Gasteiger partial charge on any atom is 0.0697 e. The molecule has 0 rings (SSSR count). The standard InChI is InChI=1S/C11H25NO2/c1-6-14-9(2)10(12)7-8-11(3,4)13-5/h9-10H,6-8,12H2,1-5H3. The molecule has 0 amide bonds. The first kappa shape index (κ1) is 13.9. The molecular weight excluding hydrogens is 178 g/mol. The van der Waals surface area contributed by atoms with Gasteiger partial charge in [-0.15, -0.1) is 0 Å². The molecule has 0 saturated carbocycles. The lowest BCUT2D eigenvalue weighted by atomic mass is 9.97. The number of hydrogen-bond donors (Lipinski definition) is 1. The van der Waals surface area contributed by atoms with Gasteiger partial charge in [-0.2, -0.15) is 0 Å². The van der Waals surface area contributed by atoms with Crippen LogP contribution in [0, 0.1) is 0 Å². The monoisotopic (exact) mass is 203 g/mol. The van der Waals surface area contributed by atoms with Gasteiger partial charge in [0.05, 0.1) is 11.7 Å². The molecule has 86 valence electrons. The Labute approximate surface area is 88.0 Å². The summed E-state index contributed by atoms with van der Waals surface area (Å²) in [5.74, 6) is 0. The smallest absolute Gasteiger partial charge is 0.0697 e. The molecule has 2 unspecified atom stereocenters. The summed E-state index contributed by atoms with van der Waals surface area (Å²) >= 11 is 0. The van der Waals surface area contributed by atoms with Gasteiger partial charge in [-0.25, -0.2) is 0 Å². The molecule has 0 bridgehead atoms. The van der Waals surface area contributed by atoms with Crippen molar-refractivity contribution in [3.63, 3.8) is 0 Å². The lowest BCUT2D eigenvalue weighted by molar-refractivity contribution is 0.00332. The van der Waals surface area contributed by atoms with Crippen molar-refractivity contribution in [3.8, 4) is 0 Å². The molecular formula is C11H25NO2. The third-order valence-corrected chi connectivity index (χ3v) is 2.66. The lowest BCUT2D eigenvalue weighted by Crippen LogP contribution is -2.37. The highest BCUT2D eigenvalue weighted by molar-refractivity contribution is 4.75. The van der Waals surface area contributed by atoms with Gasteiger partial charge < -0.3 is 15.2 Å². The molecule has 0 saturated heterocycles. The van der Waals surface area contributed by atoms with Crippen molar-refractivity contribution in [1.29, 1.82) is 0 Å². The van der Waals surface area contributed by atoms with Gasteiger partial charge in [0.1, 0.15) is 0 Å². The van der Waals surface area contributed by atoms with E-state index in [1.54, 1.807) is 7.11 Å². The van der Waals surface area contributed by atoms with Gasteiger partial charge in [0.2, 0.25) is 0 Å². The average molecular weight is 203 g/mol. The molecule has 3 heteroatoms. The van der Waals surface area contributed by atoms with E-state index in [1.165, 1.54) is 0 Å². The summed E-state index contributed by atoms with van der Waals surface area (Å²) < 4.78 is 10.8. The van der Waals surface area contributed by atoms with E-state index in [-0.39, 0.29) is 17.7 Å². The van der Waals surface area contributed by atoms with Gasteiger partial charge in [-0.05, 0) is 40.5 Å². The van der Waals surface area contributed by atoms with Crippen LogP contribution in [0.3, 0.4) is 0 Å². The van der Waals surface area contributed by atoms with E-state index in [4.69, 9.17) is 15.2 Å². The van der Waals surface area contributed by atoms with Crippen LogP contribution in [-0.4, -0.2) is 31.5 Å². The van der Waals surface area contributed by atoms with Crippen LogP contribution in [-0.2, 0) is 9.47 Å². The molecule has 0 aromatic rings. The normalized spacial score (nSPS) is 16.7. The van der Waals surface area contributed by atoms with E-state index in [1.807, 2.05) is 13.8 Å². The molecule has 0 radical (unpaired) electrons. The second-order valence-electron chi connectivity index (χ2n) is 4.33. The van der Waals surface area contributed by atoms with Crippen LogP contribution < -0.4 is 5.73 Å². The minimum atomic E-state index is -0.0798. The second-order valence-corrected chi connectivity index (χ2v) is 4.33. The van der Waals surface area contributed by atoms with Crippen LogP contribution in [0.2, 0.25) is 0 Å². The third-order valence-electron chi connectivity index (χ3n) is 2.66. The quantitative estimate of drug-likeness (QED) is 0.687. The van der Waals surface area contributed by atoms with Crippen molar-refractivity contribution in [3.05, 3.63) is 0 Å². The number of ether oxygens (including phenoxy) is 2. The van der Waals surface area contributed by atoms with Gasteiger partial charge in [-0.1, -0.05) is 0 Å². The highest BCUT2D eigenvalue weighted by Crippen LogP contribution is 2.17. The fourth-order valence-electron chi connectivity index (χ4n) is 1.24. The van der Waals surface area contributed by atoms with Crippen molar-refractivity contribution in [2.24, 2.45) is 5.73 Å². The maximum absolute atomic E-state index is 5.98. The van der Waals surface area contributed by atoms with Crippen LogP contribution >= 0.6 is 0 Å². The van der Waals surface area contributed by atoms with Crippen molar-refractivity contribution in [2.75, 3.05) is 13.7 Å². The first-order chi connectivity index (χ1) is 6.43. The van der Waals surface area contributed by atoms with Gasteiger partial charge in [0, 0.05) is 19.8 Å². The SMILES string of the molecule is CCOC(C)C(N)CCC(C)(C)OC. The molecule has 2 atom stereocenters. The Kier molecular flexibility index (Phi) is 6.33. The molecule has 0 fully saturated rings. The molecule has 0 spiro atoms. The zero-order chi connectivity index (χ0) is 11.2. The van der Waals surface area contributed by atoms with E-state index < -0.39 is 0 Å². The summed E-state index contributed by atoms with van der Waals surface area (Å²) in [6.07, 6.45) is 2.03. The van der Waals surface area contributed by atoms with Crippen molar-refractivity contribution >= 4 is 0 Å². The van der Waals surface area contributed by atoms with Crippen molar-refractivity contribution in [2.45, 2.75) is 58.3 Å². The summed E-state index contributed by atoms with van der Waals surface area (Å²) in [6, 6.07) is 0.101. The zero-order valence-electron chi connectivity index (χ0n) is 10.2. The van der Waals surface area contributed by atoms with Crippen molar-refractivity contribution in [1.82, 2.24) is 0 Å². The van der Waals surface area contributed by atoms with E-state index in [2.05, 4.69) is 13.8 Å². The zero-order valence-corrected chi connectivity index (χ0v) is 10.2. The van der Waals surface area contributed by atoms with Crippen LogP contribution in [0.5, 0.6) is 0 Å². The average Bonchev–Trinajstić information content (AvgIpc) is 2.15. The van der Waals surface area contributed by atoms with Crippen LogP contribution in [0.4, 0.5) is 0 Å². The third kappa shape index (κ3) is 5.58. The first-order valence-electron chi connectivity index (χ1n) is 5.35. The predicted octanol–water partition coefficient (Wildman–Crippen LogP) is 1.94. The highest BCUT2D eigenvalue weighted by Gasteiger charge is 2.20. The molecule has 0 aliphatic heterocycles. The summed E-state index contributed by atoms with van der Waals surface area (Å²) in [5.41, 5.74) is 5.90. The Morgan fingerprint density at radius 1 is 1.36 bits per heavy atom. The molecule has 14 heavy (non-hydrogen) atoms. The fraction of sp³-hybridized carbons (Fsp3) is 1.00. The van der Waals surface area contributed by atoms with Crippen molar-refractivity contribution < 1.29 is 9.47 Å². The summed E-state index contributed by atoms with van der Waals surface area (Å²) in [7, 11) is 1.73. The largest absolute Gasteiger partial charge is 0.379 e. The summed E-state index contributed by atoms with van der Waals surface area (Å²) in [5, 5.41) is 0. The molecule has 0 aliphatic rings. The van der Waals surface area contributed by atoms with E-state index in [0.717, 1.165) is 19.4 Å². The first-order valence-corrected chi connectivity index (χ1v) is 5.35. The molecule has 0 aromatic heterocycles. The summed E-state index contributed by atoms with van der Waals surface area (Å²) in [4.78, 5) is 0.